The third-order valence-electron chi connectivity index (χ3n) is 3.44. The van der Waals surface area contributed by atoms with Crippen LogP contribution in [-0.4, -0.2) is 18.6 Å². The van der Waals surface area contributed by atoms with Gasteiger partial charge in [-0.25, -0.2) is 0 Å². The van der Waals surface area contributed by atoms with E-state index in [1.807, 2.05) is 19.4 Å². The predicted octanol–water partition coefficient (Wildman–Crippen LogP) is 3.39. The van der Waals surface area contributed by atoms with Crippen LogP contribution in [0, 0.1) is 0 Å². The Hall–Kier alpha value is -1.67. The molecule has 0 radical (unpaired) electrons. The first-order chi connectivity index (χ1) is 9.35. The molecule has 1 unspecified atom stereocenters. The summed E-state index contributed by atoms with van der Waals surface area (Å²) in [4.78, 5) is 4.10. The van der Waals surface area contributed by atoms with Crippen LogP contribution in [0.25, 0.3) is 0 Å². The van der Waals surface area contributed by atoms with E-state index < -0.39 is 0 Å². The summed E-state index contributed by atoms with van der Waals surface area (Å²) in [5.41, 5.74) is 4.09. The highest BCUT2D eigenvalue weighted by Crippen LogP contribution is 2.24. The number of aromatic nitrogens is 1. The van der Waals surface area contributed by atoms with Crippen molar-refractivity contribution < 1.29 is 0 Å². The van der Waals surface area contributed by atoms with Gasteiger partial charge in [-0.2, -0.15) is 0 Å². The molecule has 1 aromatic carbocycles. The molecule has 0 amide bonds. The minimum atomic E-state index is 0.392. The molecule has 2 aromatic rings. The van der Waals surface area contributed by atoms with Gasteiger partial charge in [0.15, 0.2) is 0 Å². The van der Waals surface area contributed by atoms with Crippen LogP contribution in [0.4, 0.5) is 0 Å². The molecule has 100 valence electrons. The van der Waals surface area contributed by atoms with Crippen molar-refractivity contribution in [2.75, 3.05) is 13.6 Å². The van der Waals surface area contributed by atoms with Crippen molar-refractivity contribution in [3.63, 3.8) is 0 Å². The van der Waals surface area contributed by atoms with E-state index in [-0.39, 0.29) is 0 Å². The molecule has 0 aliphatic heterocycles. The third-order valence-corrected chi connectivity index (χ3v) is 3.44. The van der Waals surface area contributed by atoms with Crippen molar-refractivity contribution in [1.29, 1.82) is 0 Å². The van der Waals surface area contributed by atoms with Gasteiger partial charge in [-0.3, -0.25) is 4.98 Å². The lowest BCUT2D eigenvalue weighted by molar-refractivity contribution is 0.707. The highest BCUT2D eigenvalue weighted by Gasteiger charge is 2.12. The number of likely N-dealkylation sites (N-methyl/N-ethyl adjacent to an activating group) is 1. The molecule has 2 heteroatoms. The van der Waals surface area contributed by atoms with E-state index in [2.05, 4.69) is 53.6 Å². The average molecular weight is 254 g/mol. The molecular formula is C17H22N2. The fourth-order valence-corrected chi connectivity index (χ4v) is 2.43. The van der Waals surface area contributed by atoms with Gasteiger partial charge < -0.3 is 5.32 Å². The molecular weight excluding hydrogens is 232 g/mol. The lowest BCUT2D eigenvalue weighted by atomic mass is 9.91. The summed E-state index contributed by atoms with van der Waals surface area (Å²) in [5.74, 6) is 0.392. The Morgan fingerprint density at radius 1 is 1.00 bits per heavy atom. The van der Waals surface area contributed by atoms with Gasteiger partial charge in [-0.05, 0) is 42.3 Å². The van der Waals surface area contributed by atoms with E-state index in [0.29, 0.717) is 5.92 Å². The van der Waals surface area contributed by atoms with E-state index in [1.54, 1.807) is 0 Å². The van der Waals surface area contributed by atoms with Gasteiger partial charge in [-0.1, -0.05) is 37.6 Å². The average Bonchev–Trinajstić information content (AvgIpc) is 2.47. The van der Waals surface area contributed by atoms with Crippen LogP contribution in [0.15, 0.2) is 48.8 Å². The Morgan fingerprint density at radius 2 is 1.63 bits per heavy atom. The number of rotatable bonds is 6. The highest BCUT2D eigenvalue weighted by atomic mass is 14.8. The molecule has 1 aromatic heterocycles. The smallest absolute Gasteiger partial charge is 0.0270 e. The van der Waals surface area contributed by atoms with Gasteiger partial charge in [-0.15, -0.1) is 0 Å². The molecule has 0 bridgehead atoms. The van der Waals surface area contributed by atoms with E-state index in [0.717, 1.165) is 13.0 Å². The maximum absolute atomic E-state index is 4.10. The Labute approximate surface area is 115 Å². The van der Waals surface area contributed by atoms with Crippen molar-refractivity contribution in [2.24, 2.45) is 0 Å². The van der Waals surface area contributed by atoms with E-state index >= 15 is 0 Å². The first-order valence-electron chi connectivity index (χ1n) is 6.98. The maximum Gasteiger partial charge on any atom is 0.0270 e. The normalized spacial score (nSPS) is 12.3. The SMILES string of the molecule is CCCc1ccc(C(CNC)c2ccncc2)cc1. The second-order valence-corrected chi connectivity index (χ2v) is 4.88. The molecule has 1 atom stereocenters. The minimum absolute atomic E-state index is 0.392. The van der Waals surface area contributed by atoms with Crippen LogP contribution in [0.1, 0.15) is 36.0 Å². The molecule has 2 nitrogen and oxygen atoms in total. The molecule has 0 spiro atoms. The summed E-state index contributed by atoms with van der Waals surface area (Å²) in [6.07, 6.45) is 6.09. The standard InChI is InChI=1S/C17H22N2/c1-3-4-14-5-7-15(8-6-14)17(13-18-2)16-9-11-19-12-10-16/h5-12,17-18H,3-4,13H2,1-2H3. The number of nitrogens with zero attached hydrogens (tertiary/aromatic N) is 1. The molecule has 0 saturated heterocycles. The highest BCUT2D eigenvalue weighted by molar-refractivity contribution is 5.33. The monoisotopic (exact) mass is 254 g/mol. The summed E-state index contributed by atoms with van der Waals surface area (Å²) in [7, 11) is 2.00. The van der Waals surface area contributed by atoms with Crippen LogP contribution in [0.3, 0.4) is 0 Å². The Bertz CT molecular complexity index is 476. The number of aryl methyl sites for hydroxylation is 1. The van der Waals surface area contributed by atoms with Crippen molar-refractivity contribution in [3.8, 4) is 0 Å². The summed E-state index contributed by atoms with van der Waals surface area (Å²) in [6, 6.07) is 13.2. The largest absolute Gasteiger partial charge is 0.319 e. The number of pyridine rings is 1. The van der Waals surface area contributed by atoms with E-state index in [4.69, 9.17) is 0 Å². The fraction of sp³-hybridized carbons (Fsp3) is 0.353. The lowest BCUT2D eigenvalue weighted by Crippen LogP contribution is -2.18. The number of hydrogen-bond donors (Lipinski definition) is 1. The maximum atomic E-state index is 4.10. The zero-order valence-corrected chi connectivity index (χ0v) is 11.8. The van der Waals surface area contributed by atoms with E-state index in [1.165, 1.54) is 23.1 Å². The molecule has 0 saturated carbocycles. The second kappa shape index (κ2) is 7.05. The first kappa shape index (κ1) is 13.8. The third kappa shape index (κ3) is 3.65. The first-order valence-corrected chi connectivity index (χ1v) is 6.98. The number of nitrogens with one attached hydrogen (secondary N) is 1. The van der Waals surface area contributed by atoms with Crippen molar-refractivity contribution in [3.05, 3.63) is 65.5 Å². The van der Waals surface area contributed by atoms with Gasteiger partial charge >= 0.3 is 0 Å². The minimum Gasteiger partial charge on any atom is -0.319 e. The molecule has 2 rings (SSSR count). The van der Waals surface area contributed by atoms with Crippen LogP contribution < -0.4 is 5.32 Å². The zero-order chi connectivity index (χ0) is 13.5. The van der Waals surface area contributed by atoms with Crippen LogP contribution >= 0.6 is 0 Å². The van der Waals surface area contributed by atoms with Crippen molar-refractivity contribution >= 4 is 0 Å². The molecule has 0 fully saturated rings. The molecule has 0 aliphatic carbocycles. The van der Waals surface area contributed by atoms with Gasteiger partial charge in [0.2, 0.25) is 0 Å². The van der Waals surface area contributed by atoms with Crippen molar-refractivity contribution in [2.45, 2.75) is 25.7 Å². The lowest BCUT2D eigenvalue weighted by Gasteiger charge is -2.18. The van der Waals surface area contributed by atoms with Crippen LogP contribution in [0.2, 0.25) is 0 Å². The van der Waals surface area contributed by atoms with Gasteiger partial charge in [0.1, 0.15) is 0 Å². The predicted molar refractivity (Wildman–Crippen MR) is 80.4 cm³/mol. The molecule has 1 N–H and O–H groups in total. The second-order valence-electron chi connectivity index (χ2n) is 4.88. The fourth-order valence-electron chi connectivity index (χ4n) is 2.43. The summed E-state index contributed by atoms with van der Waals surface area (Å²) in [6.45, 7) is 3.16. The Balaban J connectivity index is 2.24. The zero-order valence-electron chi connectivity index (χ0n) is 11.8. The summed E-state index contributed by atoms with van der Waals surface area (Å²) >= 11 is 0. The van der Waals surface area contributed by atoms with Gasteiger partial charge in [0, 0.05) is 24.9 Å². The number of hydrogen-bond acceptors (Lipinski definition) is 2. The van der Waals surface area contributed by atoms with Crippen LogP contribution in [0.5, 0.6) is 0 Å². The summed E-state index contributed by atoms with van der Waals surface area (Å²) < 4.78 is 0. The quantitative estimate of drug-likeness (QED) is 0.854. The van der Waals surface area contributed by atoms with Gasteiger partial charge in [0.25, 0.3) is 0 Å². The number of benzene rings is 1. The topological polar surface area (TPSA) is 24.9 Å². The molecule has 0 aliphatic rings. The van der Waals surface area contributed by atoms with Gasteiger partial charge in [0.05, 0.1) is 0 Å². The molecule has 19 heavy (non-hydrogen) atoms. The molecule has 1 heterocycles. The Kier molecular flexibility index (Phi) is 5.10. The van der Waals surface area contributed by atoms with Crippen molar-refractivity contribution in [1.82, 2.24) is 10.3 Å². The Morgan fingerprint density at radius 3 is 2.21 bits per heavy atom. The summed E-state index contributed by atoms with van der Waals surface area (Å²) in [5, 5.41) is 3.28. The van der Waals surface area contributed by atoms with E-state index in [9.17, 15) is 0 Å². The van der Waals surface area contributed by atoms with Crippen LogP contribution in [-0.2, 0) is 6.42 Å².